The number of amides is 1. The number of hydrogen-bond acceptors (Lipinski definition) is 2. The van der Waals surface area contributed by atoms with Crippen LogP contribution in [0.5, 0.6) is 0 Å². The molecule has 1 amide bonds. The Morgan fingerprint density at radius 2 is 2.00 bits per heavy atom. The maximum atomic E-state index is 11.4. The van der Waals surface area contributed by atoms with Crippen molar-refractivity contribution in [1.29, 1.82) is 0 Å². The third kappa shape index (κ3) is 8.58. The van der Waals surface area contributed by atoms with Crippen LogP contribution < -0.4 is 11.1 Å². The molecule has 0 unspecified atom stereocenters. The summed E-state index contributed by atoms with van der Waals surface area (Å²) in [5, 5.41) is 3.16. The van der Waals surface area contributed by atoms with Gasteiger partial charge in [0.05, 0.1) is 0 Å². The van der Waals surface area contributed by atoms with Crippen molar-refractivity contribution in [2.24, 2.45) is 10.7 Å². The van der Waals surface area contributed by atoms with Crippen LogP contribution in [0.3, 0.4) is 0 Å². The second-order valence-corrected chi connectivity index (χ2v) is 5.80. The van der Waals surface area contributed by atoms with Gasteiger partial charge in [-0.25, -0.2) is 0 Å². The SMILES string of the molecule is CCCCCCCCNC(N)=NCCCN1CCCC1=O. The lowest BCUT2D eigenvalue weighted by atomic mass is 10.1. The number of carbonyl (C=O) groups excluding carboxylic acids is 1. The third-order valence-electron chi connectivity index (χ3n) is 3.88. The molecule has 0 radical (unpaired) electrons. The maximum absolute atomic E-state index is 11.4. The lowest BCUT2D eigenvalue weighted by Gasteiger charge is -2.14. The number of likely N-dealkylation sites (tertiary alicyclic amines) is 1. The van der Waals surface area contributed by atoms with E-state index in [9.17, 15) is 4.79 Å². The van der Waals surface area contributed by atoms with E-state index in [0.717, 1.165) is 38.9 Å². The number of nitrogens with zero attached hydrogens (tertiary/aromatic N) is 2. The van der Waals surface area contributed by atoms with Gasteiger partial charge in [-0.05, 0) is 19.3 Å². The molecule has 1 saturated heterocycles. The largest absolute Gasteiger partial charge is 0.370 e. The number of nitrogens with two attached hydrogens (primary N) is 1. The molecule has 0 aliphatic carbocycles. The van der Waals surface area contributed by atoms with Crippen molar-refractivity contribution in [2.75, 3.05) is 26.2 Å². The smallest absolute Gasteiger partial charge is 0.222 e. The Morgan fingerprint density at radius 3 is 2.71 bits per heavy atom. The number of carbonyl (C=O) groups is 1. The molecule has 0 bridgehead atoms. The molecule has 0 atom stereocenters. The van der Waals surface area contributed by atoms with Crippen molar-refractivity contribution in [2.45, 2.75) is 64.7 Å². The number of guanidine groups is 1. The molecule has 122 valence electrons. The fourth-order valence-corrected chi connectivity index (χ4v) is 2.58. The van der Waals surface area contributed by atoms with Gasteiger partial charge in [0, 0.05) is 32.6 Å². The number of nitrogens with one attached hydrogen (secondary N) is 1. The van der Waals surface area contributed by atoms with Crippen LogP contribution in [0.4, 0.5) is 0 Å². The van der Waals surface area contributed by atoms with Gasteiger partial charge < -0.3 is 16.0 Å². The number of aliphatic imine (C=N–C) groups is 1. The molecule has 0 aromatic rings. The second kappa shape index (κ2) is 11.4. The fraction of sp³-hybridized carbons (Fsp3) is 0.875. The molecule has 1 heterocycles. The van der Waals surface area contributed by atoms with Crippen molar-refractivity contribution >= 4 is 11.9 Å². The molecule has 1 fully saturated rings. The van der Waals surface area contributed by atoms with Crippen LogP contribution >= 0.6 is 0 Å². The van der Waals surface area contributed by atoms with Crippen LogP contribution in [0, 0.1) is 0 Å². The van der Waals surface area contributed by atoms with Crippen LogP contribution in [0.1, 0.15) is 64.7 Å². The number of rotatable bonds is 11. The Morgan fingerprint density at radius 1 is 1.24 bits per heavy atom. The van der Waals surface area contributed by atoms with E-state index in [1.165, 1.54) is 32.1 Å². The number of unbranched alkanes of at least 4 members (excludes halogenated alkanes) is 5. The minimum atomic E-state index is 0.285. The molecule has 1 rings (SSSR count). The zero-order chi connectivity index (χ0) is 15.3. The van der Waals surface area contributed by atoms with E-state index in [0.29, 0.717) is 18.9 Å². The first-order valence-corrected chi connectivity index (χ1v) is 8.55. The van der Waals surface area contributed by atoms with E-state index in [1.54, 1.807) is 0 Å². The van der Waals surface area contributed by atoms with Gasteiger partial charge in [0.2, 0.25) is 5.91 Å². The average molecular weight is 296 g/mol. The van der Waals surface area contributed by atoms with E-state index >= 15 is 0 Å². The van der Waals surface area contributed by atoms with Crippen LogP contribution in [0.15, 0.2) is 4.99 Å². The van der Waals surface area contributed by atoms with Gasteiger partial charge in [-0.2, -0.15) is 0 Å². The fourth-order valence-electron chi connectivity index (χ4n) is 2.58. The summed E-state index contributed by atoms with van der Waals surface area (Å²) in [6.45, 7) is 5.56. The Balaban J connectivity index is 1.94. The first-order valence-electron chi connectivity index (χ1n) is 8.55. The highest BCUT2D eigenvalue weighted by molar-refractivity contribution is 5.78. The highest BCUT2D eigenvalue weighted by Gasteiger charge is 2.18. The highest BCUT2D eigenvalue weighted by Crippen LogP contribution is 2.09. The van der Waals surface area contributed by atoms with Crippen LogP contribution in [0.25, 0.3) is 0 Å². The molecule has 1 aliphatic heterocycles. The van der Waals surface area contributed by atoms with Gasteiger partial charge in [-0.15, -0.1) is 0 Å². The van der Waals surface area contributed by atoms with Gasteiger partial charge in [0.15, 0.2) is 5.96 Å². The summed E-state index contributed by atoms with van der Waals surface area (Å²) < 4.78 is 0. The molecule has 21 heavy (non-hydrogen) atoms. The standard InChI is InChI=1S/C16H32N4O/c1-2-3-4-5-6-7-11-18-16(17)19-12-9-14-20-13-8-10-15(20)21/h2-14H2,1H3,(H3,17,18,19). The minimum Gasteiger partial charge on any atom is -0.370 e. The molecular formula is C16H32N4O. The van der Waals surface area contributed by atoms with Gasteiger partial charge in [0.25, 0.3) is 0 Å². The molecule has 1 aliphatic rings. The molecule has 0 aromatic carbocycles. The highest BCUT2D eigenvalue weighted by atomic mass is 16.2. The lowest BCUT2D eigenvalue weighted by Crippen LogP contribution is -2.33. The van der Waals surface area contributed by atoms with Gasteiger partial charge in [0.1, 0.15) is 0 Å². The number of hydrogen-bond donors (Lipinski definition) is 2. The Kier molecular flexibility index (Phi) is 9.66. The van der Waals surface area contributed by atoms with Crippen molar-refractivity contribution in [3.05, 3.63) is 0 Å². The van der Waals surface area contributed by atoms with E-state index in [-0.39, 0.29) is 5.91 Å². The topological polar surface area (TPSA) is 70.7 Å². The van der Waals surface area contributed by atoms with Crippen molar-refractivity contribution < 1.29 is 4.79 Å². The lowest BCUT2D eigenvalue weighted by molar-refractivity contribution is -0.127. The predicted molar refractivity (Wildman–Crippen MR) is 88.3 cm³/mol. The first kappa shape index (κ1) is 17.8. The minimum absolute atomic E-state index is 0.285. The summed E-state index contributed by atoms with van der Waals surface area (Å²) in [4.78, 5) is 17.7. The van der Waals surface area contributed by atoms with Crippen LogP contribution in [0.2, 0.25) is 0 Å². The third-order valence-corrected chi connectivity index (χ3v) is 3.88. The summed E-state index contributed by atoms with van der Waals surface area (Å²) in [5.74, 6) is 0.824. The van der Waals surface area contributed by atoms with E-state index in [4.69, 9.17) is 5.73 Å². The summed E-state index contributed by atoms with van der Waals surface area (Å²) >= 11 is 0. The molecule has 5 heteroatoms. The second-order valence-electron chi connectivity index (χ2n) is 5.80. The van der Waals surface area contributed by atoms with Crippen molar-refractivity contribution in [3.63, 3.8) is 0 Å². The molecular weight excluding hydrogens is 264 g/mol. The Hall–Kier alpha value is -1.26. The molecule has 3 N–H and O–H groups in total. The van der Waals surface area contributed by atoms with Gasteiger partial charge in [-0.1, -0.05) is 39.0 Å². The van der Waals surface area contributed by atoms with E-state index in [1.807, 2.05) is 4.90 Å². The summed E-state index contributed by atoms with van der Waals surface area (Å²) in [6, 6.07) is 0. The Labute approximate surface area is 129 Å². The van der Waals surface area contributed by atoms with E-state index < -0.39 is 0 Å². The predicted octanol–water partition coefficient (Wildman–Crippen LogP) is 2.26. The Bertz CT molecular complexity index is 317. The van der Waals surface area contributed by atoms with Gasteiger partial charge >= 0.3 is 0 Å². The normalized spacial score (nSPS) is 15.8. The zero-order valence-corrected chi connectivity index (χ0v) is 13.6. The molecule has 0 spiro atoms. The van der Waals surface area contributed by atoms with Crippen molar-refractivity contribution in [3.8, 4) is 0 Å². The molecule has 5 nitrogen and oxygen atoms in total. The van der Waals surface area contributed by atoms with Crippen molar-refractivity contribution in [1.82, 2.24) is 10.2 Å². The summed E-state index contributed by atoms with van der Waals surface area (Å²) in [7, 11) is 0. The average Bonchev–Trinajstić information content (AvgIpc) is 2.88. The van der Waals surface area contributed by atoms with Crippen LogP contribution in [-0.4, -0.2) is 42.9 Å². The van der Waals surface area contributed by atoms with E-state index in [2.05, 4.69) is 17.2 Å². The molecule has 0 saturated carbocycles. The summed E-state index contributed by atoms with van der Waals surface area (Å²) in [6.07, 6.45) is 10.3. The first-order chi connectivity index (χ1) is 10.2. The van der Waals surface area contributed by atoms with Gasteiger partial charge in [-0.3, -0.25) is 9.79 Å². The van der Waals surface area contributed by atoms with Crippen LogP contribution in [-0.2, 0) is 4.79 Å². The summed E-state index contributed by atoms with van der Waals surface area (Å²) in [5.41, 5.74) is 5.82. The monoisotopic (exact) mass is 296 g/mol. The molecule has 0 aromatic heterocycles. The quantitative estimate of drug-likeness (QED) is 0.349. The maximum Gasteiger partial charge on any atom is 0.222 e. The zero-order valence-electron chi connectivity index (χ0n) is 13.6.